The molecule has 9 heteroatoms. The maximum Gasteiger partial charge on any atom is 0.227 e. The third-order valence-corrected chi connectivity index (χ3v) is 4.76. The van der Waals surface area contributed by atoms with Crippen LogP contribution in [0.2, 0.25) is 5.02 Å². The van der Waals surface area contributed by atoms with Gasteiger partial charge >= 0.3 is 0 Å². The highest BCUT2D eigenvalue weighted by atomic mass is 35.5. The van der Waals surface area contributed by atoms with E-state index in [2.05, 4.69) is 20.7 Å². The number of hydrogen-bond acceptors (Lipinski definition) is 6. The number of morpholine rings is 1. The summed E-state index contributed by atoms with van der Waals surface area (Å²) in [5.74, 6) is 0.351. The Hall–Kier alpha value is -2.42. The van der Waals surface area contributed by atoms with Crippen molar-refractivity contribution >= 4 is 29.2 Å². The van der Waals surface area contributed by atoms with E-state index in [4.69, 9.17) is 20.9 Å². The molecule has 29 heavy (non-hydrogen) atoms. The number of nitrogens with one attached hydrogen (secondary N) is 2. The molecule has 1 aromatic heterocycles. The summed E-state index contributed by atoms with van der Waals surface area (Å²) >= 11 is 6.05. The minimum atomic E-state index is -0.190. The van der Waals surface area contributed by atoms with E-state index < -0.39 is 0 Å². The zero-order valence-electron chi connectivity index (χ0n) is 16.3. The average Bonchev–Trinajstić information content (AvgIpc) is 3.13. The Morgan fingerprint density at radius 1 is 1.31 bits per heavy atom. The Bertz CT molecular complexity index is 841. The SMILES string of the molecule is CCC(=O)Nc1cc(CC(=O)NC[C@H]2CN(Cc3cccc(Cl)c3)CCO2)on1. The van der Waals surface area contributed by atoms with Crippen molar-refractivity contribution in [2.75, 3.05) is 31.6 Å². The quantitative estimate of drug-likeness (QED) is 0.679. The lowest BCUT2D eigenvalue weighted by Gasteiger charge is -2.33. The molecule has 3 rings (SSSR count). The van der Waals surface area contributed by atoms with Crippen molar-refractivity contribution in [2.24, 2.45) is 0 Å². The molecular weight excluding hydrogens is 396 g/mol. The van der Waals surface area contributed by atoms with Gasteiger partial charge in [0.25, 0.3) is 0 Å². The molecule has 0 radical (unpaired) electrons. The van der Waals surface area contributed by atoms with Crippen LogP contribution in [0.5, 0.6) is 0 Å². The molecule has 0 aliphatic carbocycles. The summed E-state index contributed by atoms with van der Waals surface area (Å²) in [5, 5.41) is 9.92. The van der Waals surface area contributed by atoms with Crippen molar-refractivity contribution in [3.8, 4) is 0 Å². The minimum Gasteiger partial charge on any atom is -0.374 e. The zero-order valence-corrected chi connectivity index (χ0v) is 17.1. The second-order valence-electron chi connectivity index (χ2n) is 6.92. The minimum absolute atomic E-state index is 0.0495. The maximum absolute atomic E-state index is 12.2. The van der Waals surface area contributed by atoms with Crippen LogP contribution in [0.15, 0.2) is 34.9 Å². The summed E-state index contributed by atoms with van der Waals surface area (Å²) in [6, 6.07) is 9.36. The Morgan fingerprint density at radius 3 is 2.97 bits per heavy atom. The van der Waals surface area contributed by atoms with E-state index in [1.54, 1.807) is 13.0 Å². The monoisotopic (exact) mass is 420 g/mol. The highest BCUT2D eigenvalue weighted by molar-refractivity contribution is 6.30. The van der Waals surface area contributed by atoms with Crippen molar-refractivity contribution in [1.29, 1.82) is 0 Å². The predicted molar refractivity (Wildman–Crippen MR) is 109 cm³/mol. The van der Waals surface area contributed by atoms with Crippen LogP contribution in [0.25, 0.3) is 0 Å². The molecule has 1 fully saturated rings. The summed E-state index contributed by atoms with van der Waals surface area (Å²) in [7, 11) is 0. The Morgan fingerprint density at radius 2 is 2.17 bits per heavy atom. The van der Waals surface area contributed by atoms with Crippen LogP contribution in [0.1, 0.15) is 24.7 Å². The summed E-state index contributed by atoms with van der Waals surface area (Å²) < 4.78 is 10.9. The maximum atomic E-state index is 12.2. The number of aromatic nitrogens is 1. The number of rotatable bonds is 8. The van der Waals surface area contributed by atoms with E-state index >= 15 is 0 Å². The standard InChI is InChI=1S/C20H25ClN4O4/c1-2-19(26)23-18-9-16(29-24-18)10-20(27)22-11-17-13-25(6-7-28-17)12-14-4-3-5-15(21)8-14/h3-5,8-9,17H,2,6-7,10-13H2,1H3,(H,22,27)(H,23,24,26)/t17-/m0/s1. The third kappa shape index (κ3) is 6.85. The number of anilines is 1. The van der Waals surface area contributed by atoms with Crippen LogP contribution in [-0.2, 0) is 27.3 Å². The topological polar surface area (TPSA) is 96.7 Å². The molecule has 2 aromatic rings. The van der Waals surface area contributed by atoms with Gasteiger partial charge in [-0.3, -0.25) is 14.5 Å². The van der Waals surface area contributed by atoms with Crippen molar-refractivity contribution in [3.63, 3.8) is 0 Å². The zero-order chi connectivity index (χ0) is 20.6. The lowest BCUT2D eigenvalue weighted by Crippen LogP contribution is -2.47. The highest BCUT2D eigenvalue weighted by Crippen LogP contribution is 2.15. The number of nitrogens with zero attached hydrogens (tertiary/aromatic N) is 2. The summed E-state index contributed by atoms with van der Waals surface area (Å²) in [6.45, 7) is 5.12. The fourth-order valence-corrected chi connectivity index (χ4v) is 3.29. The first-order chi connectivity index (χ1) is 14.0. The van der Waals surface area contributed by atoms with Gasteiger partial charge in [0.1, 0.15) is 5.76 Å². The van der Waals surface area contributed by atoms with Crippen molar-refractivity contribution in [3.05, 3.63) is 46.7 Å². The molecule has 1 aliphatic rings. The summed E-state index contributed by atoms with van der Waals surface area (Å²) in [6.07, 6.45) is 0.313. The molecule has 2 heterocycles. The summed E-state index contributed by atoms with van der Waals surface area (Å²) in [4.78, 5) is 25.8. The van der Waals surface area contributed by atoms with Crippen LogP contribution < -0.4 is 10.6 Å². The van der Waals surface area contributed by atoms with E-state index in [9.17, 15) is 9.59 Å². The fraction of sp³-hybridized carbons (Fsp3) is 0.450. The van der Waals surface area contributed by atoms with E-state index in [1.807, 2.05) is 24.3 Å². The first-order valence-corrected chi connectivity index (χ1v) is 10.00. The molecule has 1 aromatic carbocycles. The van der Waals surface area contributed by atoms with Gasteiger partial charge in [-0.25, -0.2) is 0 Å². The molecule has 2 amide bonds. The van der Waals surface area contributed by atoms with Gasteiger partial charge in [-0.05, 0) is 17.7 Å². The lowest BCUT2D eigenvalue weighted by atomic mass is 10.2. The molecule has 2 N–H and O–H groups in total. The van der Waals surface area contributed by atoms with Crippen molar-refractivity contribution < 1.29 is 18.8 Å². The Kier molecular flexibility index (Phi) is 7.62. The van der Waals surface area contributed by atoms with Gasteiger partial charge in [-0.2, -0.15) is 0 Å². The molecular formula is C20H25ClN4O4. The average molecular weight is 421 g/mol. The number of carbonyl (C=O) groups is 2. The first kappa shape index (κ1) is 21.3. The Labute approximate surface area is 174 Å². The van der Waals surface area contributed by atoms with Gasteiger partial charge < -0.3 is 19.9 Å². The van der Waals surface area contributed by atoms with E-state index in [0.717, 1.165) is 30.2 Å². The van der Waals surface area contributed by atoms with Gasteiger partial charge in [-0.15, -0.1) is 0 Å². The molecule has 0 spiro atoms. The molecule has 0 unspecified atom stereocenters. The fourth-order valence-electron chi connectivity index (χ4n) is 3.08. The predicted octanol–water partition coefficient (Wildman–Crippen LogP) is 2.24. The number of carbonyl (C=O) groups excluding carboxylic acids is 2. The molecule has 156 valence electrons. The molecule has 8 nitrogen and oxygen atoms in total. The first-order valence-electron chi connectivity index (χ1n) is 9.62. The second kappa shape index (κ2) is 10.4. The molecule has 1 saturated heterocycles. The number of ether oxygens (including phenoxy) is 1. The molecule has 0 bridgehead atoms. The van der Waals surface area contributed by atoms with Gasteiger partial charge in [0.05, 0.1) is 19.1 Å². The molecule has 1 atom stereocenters. The van der Waals surface area contributed by atoms with Gasteiger partial charge in [0, 0.05) is 43.7 Å². The smallest absolute Gasteiger partial charge is 0.227 e. The van der Waals surface area contributed by atoms with Crippen LogP contribution in [0.3, 0.4) is 0 Å². The van der Waals surface area contributed by atoms with Crippen LogP contribution in [-0.4, -0.2) is 54.2 Å². The number of amides is 2. The number of hydrogen-bond donors (Lipinski definition) is 2. The highest BCUT2D eigenvalue weighted by Gasteiger charge is 2.21. The second-order valence-corrected chi connectivity index (χ2v) is 7.36. The van der Waals surface area contributed by atoms with Crippen LogP contribution in [0, 0.1) is 0 Å². The third-order valence-electron chi connectivity index (χ3n) is 4.53. The van der Waals surface area contributed by atoms with Crippen molar-refractivity contribution in [1.82, 2.24) is 15.4 Å². The van der Waals surface area contributed by atoms with Gasteiger partial charge in [0.2, 0.25) is 11.8 Å². The lowest BCUT2D eigenvalue weighted by molar-refractivity contribution is -0.122. The largest absolute Gasteiger partial charge is 0.374 e. The van der Waals surface area contributed by atoms with Crippen LogP contribution >= 0.6 is 11.6 Å². The van der Waals surface area contributed by atoms with E-state index in [1.165, 1.54) is 0 Å². The number of benzene rings is 1. The molecule has 0 saturated carbocycles. The van der Waals surface area contributed by atoms with Crippen LogP contribution in [0.4, 0.5) is 5.82 Å². The van der Waals surface area contributed by atoms with Gasteiger partial charge in [0.15, 0.2) is 5.82 Å². The van der Waals surface area contributed by atoms with Gasteiger partial charge in [-0.1, -0.05) is 35.8 Å². The normalized spacial score (nSPS) is 17.1. The van der Waals surface area contributed by atoms with E-state index in [0.29, 0.717) is 31.2 Å². The van der Waals surface area contributed by atoms with Crippen molar-refractivity contribution in [2.45, 2.75) is 32.4 Å². The Balaban J connectivity index is 1.42. The number of halogens is 1. The summed E-state index contributed by atoms with van der Waals surface area (Å²) in [5.41, 5.74) is 1.15. The molecule has 1 aliphatic heterocycles. The van der Waals surface area contributed by atoms with E-state index in [-0.39, 0.29) is 24.3 Å².